The molecule has 2 rings (SSSR count). The van der Waals surface area contributed by atoms with Crippen molar-refractivity contribution in [2.75, 3.05) is 18.1 Å². The molecule has 7 nitrogen and oxygen atoms in total. The topological polar surface area (TPSA) is 113 Å². The fraction of sp³-hybridized carbons (Fsp3) is 0.250. The van der Waals surface area contributed by atoms with Gasteiger partial charge in [0.2, 0.25) is 10.0 Å². The molecule has 1 heterocycles. The second-order valence-electron chi connectivity index (χ2n) is 4.35. The molecule has 8 heteroatoms. The summed E-state index contributed by atoms with van der Waals surface area (Å²) in [6.45, 7) is 1.93. The van der Waals surface area contributed by atoms with Crippen LogP contribution in [-0.2, 0) is 10.0 Å². The summed E-state index contributed by atoms with van der Waals surface area (Å²) in [6, 6.07) is 4.49. The first-order valence-corrected chi connectivity index (χ1v) is 7.50. The van der Waals surface area contributed by atoms with E-state index in [-0.39, 0.29) is 10.9 Å². The van der Waals surface area contributed by atoms with Crippen LogP contribution in [0.3, 0.4) is 0 Å². The van der Waals surface area contributed by atoms with E-state index in [0.717, 1.165) is 5.56 Å². The van der Waals surface area contributed by atoms with Gasteiger partial charge in [0.1, 0.15) is 0 Å². The Balaban J connectivity index is 2.30. The first kappa shape index (κ1) is 14.4. The summed E-state index contributed by atoms with van der Waals surface area (Å²) >= 11 is 0. The summed E-state index contributed by atoms with van der Waals surface area (Å²) in [6.07, 6.45) is 3.46. The van der Waals surface area contributed by atoms with E-state index in [1.165, 1.54) is 19.2 Å². The molecule has 0 spiro atoms. The van der Waals surface area contributed by atoms with E-state index in [0.29, 0.717) is 11.4 Å². The van der Waals surface area contributed by atoms with E-state index >= 15 is 0 Å². The number of sulfonamides is 1. The van der Waals surface area contributed by atoms with Crippen LogP contribution in [0, 0.1) is 0 Å². The molecule has 0 amide bonds. The predicted octanol–water partition coefficient (Wildman–Crippen LogP) is 1.07. The number of nitrogen functional groups attached to an aromatic ring is 1. The third-order valence-corrected chi connectivity index (χ3v) is 4.41. The summed E-state index contributed by atoms with van der Waals surface area (Å²) in [5.41, 5.74) is 7.87. The lowest BCUT2D eigenvalue weighted by Crippen LogP contribution is -2.19. The van der Waals surface area contributed by atoms with Gasteiger partial charge in [0, 0.05) is 11.8 Å². The zero-order valence-corrected chi connectivity index (χ0v) is 12.0. The Kier molecular flexibility index (Phi) is 3.96. The highest BCUT2D eigenvalue weighted by Gasteiger charge is 2.15. The van der Waals surface area contributed by atoms with Crippen LogP contribution in [-0.4, -0.2) is 25.7 Å². The summed E-state index contributed by atoms with van der Waals surface area (Å²) < 4.78 is 25.8. The van der Waals surface area contributed by atoms with Crippen LogP contribution < -0.4 is 15.8 Å². The van der Waals surface area contributed by atoms with Crippen molar-refractivity contribution in [2.45, 2.75) is 17.9 Å². The highest BCUT2D eigenvalue weighted by molar-refractivity contribution is 7.89. The Hall–Kier alpha value is -2.06. The van der Waals surface area contributed by atoms with E-state index in [2.05, 4.69) is 20.2 Å². The van der Waals surface area contributed by atoms with Crippen LogP contribution >= 0.6 is 0 Å². The van der Waals surface area contributed by atoms with Gasteiger partial charge >= 0.3 is 0 Å². The zero-order chi connectivity index (χ0) is 14.8. The number of aromatic amines is 1. The summed E-state index contributed by atoms with van der Waals surface area (Å²) in [4.78, 5) is 0.163. The SMILES string of the molecule is CNS(=O)(=O)c1ccc(N)c(NC(C)c2cn[nH]c2)c1. The minimum absolute atomic E-state index is 0.0522. The van der Waals surface area contributed by atoms with Crippen LogP contribution in [0.25, 0.3) is 0 Å². The van der Waals surface area contributed by atoms with Crippen LogP contribution in [0.1, 0.15) is 18.5 Å². The van der Waals surface area contributed by atoms with E-state index in [4.69, 9.17) is 5.73 Å². The van der Waals surface area contributed by atoms with Gasteiger partial charge in [0.05, 0.1) is 28.5 Å². The number of benzene rings is 1. The molecule has 20 heavy (non-hydrogen) atoms. The van der Waals surface area contributed by atoms with Crippen molar-refractivity contribution in [3.8, 4) is 0 Å². The monoisotopic (exact) mass is 295 g/mol. The van der Waals surface area contributed by atoms with Crippen molar-refractivity contribution in [3.05, 3.63) is 36.2 Å². The second kappa shape index (κ2) is 5.51. The number of hydrogen-bond acceptors (Lipinski definition) is 5. The van der Waals surface area contributed by atoms with Crippen molar-refractivity contribution in [3.63, 3.8) is 0 Å². The number of nitrogens with two attached hydrogens (primary N) is 1. The number of rotatable bonds is 5. The summed E-state index contributed by atoms with van der Waals surface area (Å²) in [5, 5.41) is 9.78. The molecular weight excluding hydrogens is 278 g/mol. The van der Waals surface area contributed by atoms with Crippen molar-refractivity contribution in [1.29, 1.82) is 0 Å². The third kappa shape index (κ3) is 2.91. The molecule has 5 N–H and O–H groups in total. The molecular formula is C12H17N5O2S. The highest BCUT2D eigenvalue weighted by atomic mass is 32.2. The summed E-state index contributed by atoms with van der Waals surface area (Å²) in [7, 11) is -2.12. The van der Waals surface area contributed by atoms with Crippen LogP contribution in [0.15, 0.2) is 35.5 Å². The lowest BCUT2D eigenvalue weighted by Gasteiger charge is -2.16. The maximum absolute atomic E-state index is 11.8. The molecule has 0 aliphatic rings. The maximum atomic E-state index is 11.8. The molecule has 0 fully saturated rings. The van der Waals surface area contributed by atoms with E-state index in [1.54, 1.807) is 18.5 Å². The fourth-order valence-electron chi connectivity index (χ4n) is 1.76. The molecule has 1 unspecified atom stereocenters. The highest BCUT2D eigenvalue weighted by Crippen LogP contribution is 2.26. The average molecular weight is 295 g/mol. The molecule has 0 aliphatic heterocycles. The van der Waals surface area contributed by atoms with Crippen LogP contribution in [0.2, 0.25) is 0 Å². The van der Waals surface area contributed by atoms with Crippen molar-refractivity contribution in [2.24, 2.45) is 0 Å². The molecule has 0 bridgehead atoms. The largest absolute Gasteiger partial charge is 0.397 e. The second-order valence-corrected chi connectivity index (χ2v) is 6.24. The quantitative estimate of drug-likeness (QED) is 0.616. The van der Waals surface area contributed by atoms with Gasteiger partial charge in [-0.1, -0.05) is 0 Å². The molecule has 2 aromatic rings. The number of hydrogen-bond donors (Lipinski definition) is 4. The summed E-state index contributed by atoms with van der Waals surface area (Å²) in [5.74, 6) is 0. The average Bonchev–Trinajstić information content (AvgIpc) is 2.95. The van der Waals surface area contributed by atoms with Gasteiger partial charge < -0.3 is 11.1 Å². The van der Waals surface area contributed by atoms with Crippen molar-refractivity contribution in [1.82, 2.24) is 14.9 Å². The van der Waals surface area contributed by atoms with Gasteiger partial charge in [0.15, 0.2) is 0 Å². The number of nitrogens with one attached hydrogen (secondary N) is 3. The third-order valence-electron chi connectivity index (χ3n) is 3.00. The maximum Gasteiger partial charge on any atom is 0.240 e. The predicted molar refractivity (Wildman–Crippen MR) is 77.7 cm³/mol. The molecule has 0 saturated carbocycles. The molecule has 0 aliphatic carbocycles. The fourth-order valence-corrected chi connectivity index (χ4v) is 2.52. The molecule has 108 valence electrons. The van der Waals surface area contributed by atoms with Gasteiger partial charge in [-0.05, 0) is 32.2 Å². The number of anilines is 2. The molecule has 1 atom stereocenters. The lowest BCUT2D eigenvalue weighted by molar-refractivity contribution is 0.588. The van der Waals surface area contributed by atoms with Crippen LogP contribution in [0.5, 0.6) is 0 Å². The molecule has 0 radical (unpaired) electrons. The number of aromatic nitrogens is 2. The first-order chi connectivity index (χ1) is 9.44. The Labute approximate surface area is 117 Å². The Morgan fingerprint density at radius 2 is 2.15 bits per heavy atom. The standard InChI is InChI=1S/C12H17N5O2S/c1-8(9-6-15-16-7-9)17-12-5-10(3-4-11(12)13)20(18,19)14-2/h3-8,14,17H,13H2,1-2H3,(H,15,16). The van der Waals surface area contributed by atoms with Crippen molar-refractivity contribution >= 4 is 21.4 Å². The van der Waals surface area contributed by atoms with E-state index in [1.807, 2.05) is 6.92 Å². The van der Waals surface area contributed by atoms with Gasteiger partial charge in [-0.3, -0.25) is 5.10 Å². The lowest BCUT2D eigenvalue weighted by atomic mass is 10.1. The smallest absolute Gasteiger partial charge is 0.240 e. The minimum atomic E-state index is -3.49. The van der Waals surface area contributed by atoms with E-state index in [9.17, 15) is 8.42 Å². The van der Waals surface area contributed by atoms with Gasteiger partial charge in [0.25, 0.3) is 0 Å². The Morgan fingerprint density at radius 1 is 1.40 bits per heavy atom. The molecule has 0 saturated heterocycles. The van der Waals surface area contributed by atoms with E-state index < -0.39 is 10.0 Å². The normalized spacial score (nSPS) is 13.1. The van der Waals surface area contributed by atoms with Gasteiger partial charge in [-0.25, -0.2) is 13.1 Å². The minimum Gasteiger partial charge on any atom is -0.397 e. The zero-order valence-electron chi connectivity index (χ0n) is 11.2. The number of H-pyrrole nitrogens is 1. The Bertz CT molecular complexity index is 682. The van der Waals surface area contributed by atoms with Gasteiger partial charge in [-0.15, -0.1) is 0 Å². The van der Waals surface area contributed by atoms with Gasteiger partial charge in [-0.2, -0.15) is 5.10 Å². The van der Waals surface area contributed by atoms with Crippen molar-refractivity contribution < 1.29 is 8.42 Å². The van der Waals surface area contributed by atoms with Crippen LogP contribution in [0.4, 0.5) is 11.4 Å². The molecule has 1 aromatic carbocycles. The first-order valence-electron chi connectivity index (χ1n) is 6.02. The number of nitrogens with zero attached hydrogens (tertiary/aromatic N) is 1. The Morgan fingerprint density at radius 3 is 2.75 bits per heavy atom. The molecule has 1 aromatic heterocycles.